The summed E-state index contributed by atoms with van der Waals surface area (Å²) in [5, 5.41) is 5.10. The topological polar surface area (TPSA) is 44.5 Å². The molecule has 1 aliphatic rings. The summed E-state index contributed by atoms with van der Waals surface area (Å²) in [6.45, 7) is 3.16. The summed E-state index contributed by atoms with van der Waals surface area (Å²) in [6, 6.07) is 13.9. The van der Waals surface area contributed by atoms with Crippen LogP contribution in [0.5, 0.6) is 0 Å². The predicted octanol–water partition coefficient (Wildman–Crippen LogP) is 4.48. The average molecular weight is 360 g/mol. The van der Waals surface area contributed by atoms with Crippen molar-refractivity contribution in [1.29, 1.82) is 0 Å². The number of nitrogens with zero attached hydrogens (tertiary/aromatic N) is 1. The van der Waals surface area contributed by atoms with E-state index in [1.807, 2.05) is 49.4 Å². The molecule has 0 radical (unpaired) electrons. The van der Waals surface area contributed by atoms with Gasteiger partial charge in [-0.15, -0.1) is 0 Å². The standard InChI is InChI=1S/C17H14BrNO3/c1-17(20-8-9-21-17)12-4-7-15-14(10-12)16(22-19-15)11-2-5-13(18)6-3-11/h2-7,10H,8-9H2,1H3. The molecule has 0 aliphatic carbocycles. The highest BCUT2D eigenvalue weighted by molar-refractivity contribution is 9.10. The molecule has 22 heavy (non-hydrogen) atoms. The van der Waals surface area contributed by atoms with E-state index >= 15 is 0 Å². The normalized spacial score (nSPS) is 17.2. The van der Waals surface area contributed by atoms with Crippen LogP contribution in [0.4, 0.5) is 0 Å². The molecule has 1 aromatic heterocycles. The fourth-order valence-corrected chi connectivity index (χ4v) is 2.98. The number of hydrogen-bond acceptors (Lipinski definition) is 4. The molecular formula is C17H14BrNO3. The molecule has 4 rings (SSSR count). The lowest BCUT2D eigenvalue weighted by Gasteiger charge is -2.22. The van der Waals surface area contributed by atoms with Crippen LogP contribution in [0.2, 0.25) is 0 Å². The zero-order valence-corrected chi connectivity index (χ0v) is 13.6. The van der Waals surface area contributed by atoms with E-state index < -0.39 is 5.79 Å². The zero-order valence-electron chi connectivity index (χ0n) is 12.0. The monoisotopic (exact) mass is 359 g/mol. The van der Waals surface area contributed by atoms with Crippen molar-refractivity contribution in [3.8, 4) is 11.3 Å². The number of ether oxygens (including phenoxy) is 2. The molecule has 0 spiro atoms. The molecule has 2 heterocycles. The van der Waals surface area contributed by atoms with Gasteiger partial charge >= 0.3 is 0 Å². The number of benzene rings is 2. The molecule has 0 N–H and O–H groups in total. The third kappa shape index (κ3) is 2.26. The summed E-state index contributed by atoms with van der Waals surface area (Å²) in [4.78, 5) is 0. The highest BCUT2D eigenvalue weighted by Gasteiger charge is 2.33. The van der Waals surface area contributed by atoms with Crippen molar-refractivity contribution in [3.63, 3.8) is 0 Å². The van der Waals surface area contributed by atoms with Crippen LogP contribution in [0.25, 0.3) is 22.2 Å². The first-order valence-electron chi connectivity index (χ1n) is 7.09. The van der Waals surface area contributed by atoms with Gasteiger partial charge in [-0.25, -0.2) is 0 Å². The Balaban J connectivity index is 1.85. The third-order valence-corrected chi connectivity index (χ3v) is 4.47. The highest BCUT2D eigenvalue weighted by atomic mass is 79.9. The van der Waals surface area contributed by atoms with Crippen LogP contribution in [0.15, 0.2) is 51.5 Å². The maximum atomic E-state index is 5.73. The van der Waals surface area contributed by atoms with Crippen molar-refractivity contribution < 1.29 is 14.0 Å². The van der Waals surface area contributed by atoms with Gasteiger partial charge in [-0.2, -0.15) is 0 Å². The second-order valence-electron chi connectivity index (χ2n) is 5.39. The minimum Gasteiger partial charge on any atom is -0.355 e. The fraction of sp³-hybridized carbons (Fsp3) is 0.235. The Morgan fingerprint density at radius 3 is 2.50 bits per heavy atom. The van der Waals surface area contributed by atoms with Gasteiger partial charge in [-0.3, -0.25) is 0 Å². The molecule has 0 amide bonds. The van der Waals surface area contributed by atoms with Gasteiger partial charge in [-0.05, 0) is 43.3 Å². The van der Waals surface area contributed by atoms with E-state index in [1.165, 1.54) is 0 Å². The first-order chi connectivity index (χ1) is 10.7. The average Bonchev–Trinajstić information content (AvgIpc) is 3.15. The van der Waals surface area contributed by atoms with Gasteiger partial charge in [0, 0.05) is 15.6 Å². The number of rotatable bonds is 2. The van der Waals surface area contributed by atoms with E-state index in [9.17, 15) is 0 Å². The van der Waals surface area contributed by atoms with E-state index in [1.54, 1.807) is 0 Å². The lowest BCUT2D eigenvalue weighted by molar-refractivity contribution is -0.149. The molecule has 1 saturated heterocycles. The van der Waals surface area contributed by atoms with Crippen LogP contribution in [0, 0.1) is 0 Å². The predicted molar refractivity (Wildman–Crippen MR) is 86.4 cm³/mol. The van der Waals surface area contributed by atoms with E-state index in [-0.39, 0.29) is 0 Å². The van der Waals surface area contributed by atoms with Crippen LogP contribution in [0.3, 0.4) is 0 Å². The summed E-state index contributed by atoms with van der Waals surface area (Å²) in [5.74, 6) is 0.0635. The SMILES string of the molecule is CC1(c2ccc3noc(-c4ccc(Br)cc4)c3c2)OCCO1. The molecular weight excluding hydrogens is 346 g/mol. The number of aromatic nitrogens is 1. The lowest BCUT2D eigenvalue weighted by Crippen LogP contribution is -2.22. The Bertz CT molecular complexity index is 820. The van der Waals surface area contributed by atoms with Crippen LogP contribution >= 0.6 is 15.9 Å². The van der Waals surface area contributed by atoms with Crippen molar-refractivity contribution in [2.45, 2.75) is 12.7 Å². The van der Waals surface area contributed by atoms with Crippen LogP contribution in [0.1, 0.15) is 12.5 Å². The van der Waals surface area contributed by atoms with Crippen LogP contribution in [-0.2, 0) is 15.3 Å². The summed E-state index contributed by atoms with van der Waals surface area (Å²) < 4.78 is 18.0. The van der Waals surface area contributed by atoms with Gasteiger partial charge in [0.25, 0.3) is 0 Å². The summed E-state index contributed by atoms with van der Waals surface area (Å²) >= 11 is 3.44. The molecule has 1 fully saturated rings. The zero-order chi connectivity index (χ0) is 15.2. The summed E-state index contributed by atoms with van der Waals surface area (Å²) in [5.41, 5.74) is 2.78. The summed E-state index contributed by atoms with van der Waals surface area (Å²) in [6.07, 6.45) is 0. The fourth-order valence-electron chi connectivity index (χ4n) is 2.71. The lowest BCUT2D eigenvalue weighted by atomic mass is 10.0. The van der Waals surface area contributed by atoms with Gasteiger partial charge in [0.2, 0.25) is 0 Å². The second kappa shape index (κ2) is 5.19. The van der Waals surface area contributed by atoms with Crippen molar-refractivity contribution in [2.24, 2.45) is 0 Å². The Hall–Kier alpha value is -1.69. The van der Waals surface area contributed by atoms with Crippen molar-refractivity contribution in [2.75, 3.05) is 13.2 Å². The molecule has 0 saturated carbocycles. The quantitative estimate of drug-likeness (QED) is 0.676. The number of halogens is 1. The molecule has 5 heteroatoms. The first kappa shape index (κ1) is 13.9. The Labute approximate surface area is 136 Å². The van der Waals surface area contributed by atoms with Gasteiger partial charge in [0.05, 0.1) is 18.6 Å². The smallest absolute Gasteiger partial charge is 0.192 e. The Morgan fingerprint density at radius 1 is 1.05 bits per heavy atom. The number of hydrogen-bond donors (Lipinski definition) is 0. The van der Waals surface area contributed by atoms with E-state index in [0.717, 1.165) is 32.3 Å². The maximum Gasteiger partial charge on any atom is 0.192 e. The van der Waals surface area contributed by atoms with Gasteiger partial charge in [-0.1, -0.05) is 27.2 Å². The summed E-state index contributed by atoms with van der Waals surface area (Å²) in [7, 11) is 0. The molecule has 112 valence electrons. The Kier molecular flexibility index (Phi) is 3.29. The van der Waals surface area contributed by atoms with Gasteiger partial charge < -0.3 is 14.0 Å². The van der Waals surface area contributed by atoms with Crippen molar-refractivity contribution in [3.05, 3.63) is 52.5 Å². The third-order valence-electron chi connectivity index (χ3n) is 3.95. The van der Waals surface area contributed by atoms with E-state index in [2.05, 4.69) is 21.1 Å². The van der Waals surface area contributed by atoms with Crippen LogP contribution in [-0.4, -0.2) is 18.4 Å². The molecule has 0 bridgehead atoms. The first-order valence-corrected chi connectivity index (χ1v) is 7.89. The van der Waals surface area contributed by atoms with Crippen LogP contribution < -0.4 is 0 Å². The van der Waals surface area contributed by atoms with Crippen molar-refractivity contribution in [1.82, 2.24) is 5.16 Å². The molecule has 3 aromatic rings. The van der Waals surface area contributed by atoms with E-state index in [0.29, 0.717) is 13.2 Å². The second-order valence-corrected chi connectivity index (χ2v) is 6.31. The molecule has 0 unspecified atom stereocenters. The van der Waals surface area contributed by atoms with E-state index in [4.69, 9.17) is 14.0 Å². The largest absolute Gasteiger partial charge is 0.355 e. The molecule has 2 aromatic carbocycles. The molecule has 0 atom stereocenters. The highest BCUT2D eigenvalue weighted by Crippen LogP contribution is 2.36. The number of fused-ring (bicyclic) bond motifs is 1. The van der Waals surface area contributed by atoms with Gasteiger partial charge in [0.15, 0.2) is 11.5 Å². The molecule has 4 nitrogen and oxygen atoms in total. The Morgan fingerprint density at radius 2 is 1.77 bits per heavy atom. The van der Waals surface area contributed by atoms with Crippen molar-refractivity contribution >= 4 is 26.8 Å². The van der Waals surface area contributed by atoms with Gasteiger partial charge in [0.1, 0.15) is 5.52 Å². The maximum absolute atomic E-state index is 5.73. The minimum absolute atomic E-state index is 0.609. The minimum atomic E-state index is -0.692. The molecule has 1 aliphatic heterocycles.